The van der Waals surface area contributed by atoms with Gasteiger partial charge < -0.3 is 14.6 Å². The first-order chi connectivity index (χ1) is 17.9. The number of rotatable bonds is 6. The second-order valence-electron chi connectivity index (χ2n) is 9.08. The molecular formula is C30H28N2O5. The van der Waals surface area contributed by atoms with Crippen LogP contribution in [0.25, 0.3) is 10.8 Å². The van der Waals surface area contributed by atoms with E-state index in [0.717, 1.165) is 21.3 Å². The molecule has 0 aromatic heterocycles. The number of hydrazine groups is 1. The van der Waals surface area contributed by atoms with Crippen molar-refractivity contribution in [3.05, 3.63) is 114 Å². The third-order valence-electron chi connectivity index (χ3n) is 6.73. The minimum absolute atomic E-state index is 0.348. The van der Waals surface area contributed by atoms with Gasteiger partial charge in [-0.05, 0) is 47.0 Å². The average molecular weight is 497 g/mol. The van der Waals surface area contributed by atoms with Gasteiger partial charge in [-0.25, -0.2) is 9.80 Å². The lowest BCUT2D eigenvalue weighted by molar-refractivity contribution is -0.174. The first-order valence-corrected chi connectivity index (χ1v) is 12.1. The number of hydrogen-bond acceptors (Lipinski definition) is 6. The Kier molecular flexibility index (Phi) is 6.90. The highest BCUT2D eigenvalue weighted by atomic mass is 16.6. The van der Waals surface area contributed by atoms with Crippen LogP contribution in [0.5, 0.6) is 5.75 Å². The standard InChI is InChI=1S/C30H28N2O5/c1-20-27(22-12-5-3-6-13-22)37-30(35)32(31(20)2)29(34)28(36-25-15-7-4-8-16-25)26(33)24-18-17-21-11-9-10-14-23(21)19-24/h3-20,26-28,33H,1-2H3/t20-,26+,27-,28-/m0/s1. The SMILES string of the molecule is C[C@H]1[C@@H](c2ccccc2)OC(=O)N(C(=O)[C@@H](Oc2ccccc2)[C@H](O)c2ccc3ccccc3c2)N1C. The van der Waals surface area contributed by atoms with Crippen LogP contribution in [0.4, 0.5) is 4.79 Å². The van der Waals surface area contributed by atoms with Crippen LogP contribution < -0.4 is 4.74 Å². The van der Waals surface area contributed by atoms with Crippen molar-refractivity contribution in [2.24, 2.45) is 0 Å². The van der Waals surface area contributed by atoms with Crippen LogP contribution in [-0.4, -0.2) is 46.3 Å². The summed E-state index contributed by atoms with van der Waals surface area (Å²) in [6.07, 6.45) is -4.13. The summed E-state index contributed by atoms with van der Waals surface area (Å²) in [5.74, 6) is -0.334. The zero-order valence-electron chi connectivity index (χ0n) is 20.6. The fourth-order valence-corrected chi connectivity index (χ4v) is 4.58. The number of imide groups is 1. The van der Waals surface area contributed by atoms with Gasteiger partial charge in [0.25, 0.3) is 5.91 Å². The smallest absolute Gasteiger partial charge is 0.432 e. The van der Waals surface area contributed by atoms with Crippen LogP contribution in [0, 0.1) is 0 Å². The summed E-state index contributed by atoms with van der Waals surface area (Å²) in [5, 5.41) is 15.8. The van der Waals surface area contributed by atoms with E-state index in [0.29, 0.717) is 11.3 Å². The van der Waals surface area contributed by atoms with E-state index in [4.69, 9.17) is 9.47 Å². The number of nitrogens with zero attached hydrogens (tertiary/aromatic N) is 2. The van der Waals surface area contributed by atoms with Crippen LogP contribution >= 0.6 is 0 Å². The molecule has 37 heavy (non-hydrogen) atoms. The average Bonchev–Trinajstić information content (AvgIpc) is 2.94. The number of amides is 2. The van der Waals surface area contributed by atoms with Gasteiger partial charge in [0.2, 0.25) is 6.10 Å². The minimum atomic E-state index is -1.40. The monoisotopic (exact) mass is 496 g/mol. The van der Waals surface area contributed by atoms with E-state index in [1.807, 2.05) is 79.7 Å². The predicted octanol–water partition coefficient (Wildman–Crippen LogP) is 5.28. The number of carbonyl (C=O) groups is 2. The normalized spacial score (nSPS) is 19.8. The maximum atomic E-state index is 13.9. The molecule has 2 amide bonds. The Hall–Kier alpha value is -4.20. The van der Waals surface area contributed by atoms with Crippen LogP contribution in [0.1, 0.15) is 30.3 Å². The molecular weight excluding hydrogens is 468 g/mol. The van der Waals surface area contributed by atoms with Gasteiger partial charge >= 0.3 is 6.09 Å². The lowest BCUT2D eigenvalue weighted by Crippen LogP contribution is -2.61. The molecule has 1 aliphatic rings. The highest BCUT2D eigenvalue weighted by Gasteiger charge is 2.46. The number of hydrogen-bond donors (Lipinski definition) is 1. The highest BCUT2D eigenvalue weighted by molar-refractivity contribution is 5.95. The molecule has 188 valence electrons. The van der Waals surface area contributed by atoms with Gasteiger partial charge in [0.05, 0.1) is 6.04 Å². The van der Waals surface area contributed by atoms with Crippen molar-refractivity contribution >= 4 is 22.8 Å². The number of fused-ring (bicyclic) bond motifs is 1. The van der Waals surface area contributed by atoms with Crippen molar-refractivity contribution in [1.82, 2.24) is 10.0 Å². The number of ether oxygens (including phenoxy) is 2. The molecule has 0 radical (unpaired) electrons. The van der Waals surface area contributed by atoms with Gasteiger partial charge in [0, 0.05) is 7.05 Å². The summed E-state index contributed by atoms with van der Waals surface area (Å²) >= 11 is 0. The quantitative estimate of drug-likeness (QED) is 0.392. The fraction of sp³-hybridized carbons (Fsp3) is 0.200. The maximum absolute atomic E-state index is 13.9. The lowest BCUT2D eigenvalue weighted by atomic mass is 9.99. The minimum Gasteiger partial charge on any atom is -0.477 e. The molecule has 0 unspecified atom stereocenters. The van der Waals surface area contributed by atoms with E-state index in [1.54, 1.807) is 42.4 Å². The molecule has 1 saturated heterocycles. The number of carbonyl (C=O) groups excluding carboxylic acids is 2. The van der Waals surface area contributed by atoms with Crippen molar-refractivity contribution in [2.75, 3.05) is 7.05 Å². The summed E-state index contributed by atoms with van der Waals surface area (Å²) in [6, 6.07) is 31.0. The number of likely N-dealkylation sites (N-methyl/N-ethyl adjacent to an activating group) is 1. The Morgan fingerprint density at radius 3 is 2.22 bits per heavy atom. The molecule has 0 spiro atoms. The van der Waals surface area contributed by atoms with E-state index in [-0.39, 0.29) is 6.04 Å². The Balaban J connectivity index is 1.47. The Morgan fingerprint density at radius 1 is 0.892 bits per heavy atom. The lowest BCUT2D eigenvalue weighted by Gasteiger charge is -2.43. The first kappa shape index (κ1) is 24.5. The van der Waals surface area contributed by atoms with Crippen molar-refractivity contribution in [3.63, 3.8) is 0 Å². The molecule has 7 nitrogen and oxygen atoms in total. The first-order valence-electron chi connectivity index (χ1n) is 12.1. The molecule has 1 fully saturated rings. The van der Waals surface area contributed by atoms with Crippen molar-refractivity contribution in [3.8, 4) is 5.75 Å². The van der Waals surface area contributed by atoms with Crippen LogP contribution in [0.2, 0.25) is 0 Å². The molecule has 1 heterocycles. The van der Waals surface area contributed by atoms with Crippen molar-refractivity contribution in [1.29, 1.82) is 0 Å². The molecule has 1 aliphatic heterocycles. The molecule has 7 heteroatoms. The Morgan fingerprint density at radius 2 is 1.51 bits per heavy atom. The zero-order chi connectivity index (χ0) is 25.9. The summed E-state index contributed by atoms with van der Waals surface area (Å²) in [7, 11) is 1.65. The van der Waals surface area contributed by atoms with E-state index < -0.39 is 30.3 Å². The number of para-hydroxylation sites is 1. The summed E-state index contributed by atoms with van der Waals surface area (Å²) in [6.45, 7) is 1.87. The molecule has 1 N–H and O–H groups in total. The second-order valence-corrected chi connectivity index (χ2v) is 9.08. The maximum Gasteiger partial charge on any atom is 0.432 e. The molecule has 4 aromatic carbocycles. The summed E-state index contributed by atoms with van der Waals surface area (Å²) in [4.78, 5) is 27.1. The highest BCUT2D eigenvalue weighted by Crippen LogP contribution is 2.33. The second kappa shape index (κ2) is 10.4. The van der Waals surface area contributed by atoms with Gasteiger partial charge in [0.1, 0.15) is 18.0 Å². The molecule has 4 aromatic rings. The van der Waals surface area contributed by atoms with Crippen LogP contribution in [0.3, 0.4) is 0 Å². The zero-order valence-corrected chi connectivity index (χ0v) is 20.6. The van der Waals surface area contributed by atoms with Gasteiger partial charge in [-0.1, -0.05) is 84.9 Å². The summed E-state index contributed by atoms with van der Waals surface area (Å²) in [5.41, 5.74) is 1.33. The van der Waals surface area contributed by atoms with E-state index in [1.165, 1.54) is 0 Å². The summed E-state index contributed by atoms with van der Waals surface area (Å²) < 4.78 is 11.7. The molecule has 0 bridgehead atoms. The van der Waals surface area contributed by atoms with Gasteiger partial charge in [0.15, 0.2) is 0 Å². The third-order valence-corrected chi connectivity index (χ3v) is 6.73. The van der Waals surface area contributed by atoms with E-state index in [9.17, 15) is 14.7 Å². The van der Waals surface area contributed by atoms with Crippen molar-refractivity contribution in [2.45, 2.75) is 31.3 Å². The van der Waals surface area contributed by atoms with E-state index in [2.05, 4.69) is 0 Å². The fourth-order valence-electron chi connectivity index (χ4n) is 4.58. The Labute approximate surface area is 215 Å². The van der Waals surface area contributed by atoms with Crippen molar-refractivity contribution < 1.29 is 24.2 Å². The number of aliphatic hydroxyl groups is 1. The topological polar surface area (TPSA) is 79.3 Å². The molecule has 5 rings (SSSR count). The molecule has 0 saturated carbocycles. The number of benzene rings is 4. The largest absolute Gasteiger partial charge is 0.477 e. The van der Waals surface area contributed by atoms with Crippen LogP contribution in [-0.2, 0) is 9.53 Å². The predicted molar refractivity (Wildman–Crippen MR) is 140 cm³/mol. The van der Waals surface area contributed by atoms with E-state index >= 15 is 0 Å². The van der Waals surface area contributed by atoms with Gasteiger partial charge in [-0.3, -0.25) is 4.79 Å². The third kappa shape index (κ3) is 4.91. The van der Waals surface area contributed by atoms with Gasteiger partial charge in [-0.15, -0.1) is 0 Å². The Bertz CT molecular complexity index is 1400. The number of aliphatic hydroxyl groups excluding tert-OH is 1. The molecule has 4 atom stereocenters. The number of cyclic esters (lactones) is 1. The van der Waals surface area contributed by atoms with Crippen LogP contribution in [0.15, 0.2) is 103 Å². The molecule has 0 aliphatic carbocycles. The van der Waals surface area contributed by atoms with Gasteiger partial charge in [-0.2, -0.15) is 5.01 Å².